The van der Waals surface area contributed by atoms with Crippen LogP contribution in [-0.4, -0.2) is 39.8 Å². The van der Waals surface area contributed by atoms with E-state index in [4.69, 9.17) is 4.74 Å². The molecule has 9 heteroatoms. The molecule has 0 saturated heterocycles. The molecular weight excluding hydrogens is 395 g/mol. The van der Waals surface area contributed by atoms with E-state index >= 15 is 0 Å². The summed E-state index contributed by atoms with van der Waals surface area (Å²) in [5.41, 5.74) is 1.25. The number of nitrogens with zero attached hydrogens (tertiary/aromatic N) is 1. The molecular formula is C20H27FN4O3S. The molecule has 2 rings (SSSR count). The molecule has 0 amide bonds. The molecule has 0 aliphatic rings. The molecule has 2 aromatic rings. The normalized spacial score (nSPS) is 12.9. The highest BCUT2D eigenvalue weighted by atomic mass is 32.2. The van der Waals surface area contributed by atoms with Crippen molar-refractivity contribution in [2.24, 2.45) is 4.99 Å². The van der Waals surface area contributed by atoms with Gasteiger partial charge >= 0.3 is 0 Å². The second kappa shape index (κ2) is 10.7. The zero-order chi connectivity index (χ0) is 21.3. The Hall–Kier alpha value is -2.81. The Morgan fingerprint density at radius 3 is 2.62 bits per heavy atom. The van der Waals surface area contributed by atoms with Crippen molar-refractivity contribution in [1.82, 2.24) is 10.6 Å². The molecule has 3 N–H and O–H groups in total. The van der Waals surface area contributed by atoms with Crippen molar-refractivity contribution in [2.75, 3.05) is 24.1 Å². The fraction of sp³-hybridized carbons (Fsp3) is 0.350. The summed E-state index contributed by atoms with van der Waals surface area (Å²) in [6, 6.07) is 13.1. The maximum Gasteiger partial charge on any atom is 0.229 e. The van der Waals surface area contributed by atoms with E-state index in [9.17, 15) is 12.8 Å². The highest BCUT2D eigenvalue weighted by Crippen LogP contribution is 2.17. The molecule has 0 aromatic heterocycles. The van der Waals surface area contributed by atoms with Gasteiger partial charge in [-0.1, -0.05) is 24.3 Å². The Labute approximate surface area is 171 Å². The van der Waals surface area contributed by atoms with Crippen molar-refractivity contribution < 1.29 is 17.5 Å². The SMILES string of the molecule is CCNC(=NCc1ccccc1NS(C)(=O)=O)NCC(C)Oc1cccc(F)c1. The lowest BCUT2D eigenvalue weighted by Crippen LogP contribution is -2.41. The van der Waals surface area contributed by atoms with Gasteiger partial charge in [0.25, 0.3) is 0 Å². The maximum absolute atomic E-state index is 13.3. The maximum atomic E-state index is 13.3. The smallest absolute Gasteiger partial charge is 0.229 e. The average Bonchev–Trinajstić information content (AvgIpc) is 2.64. The molecule has 0 fully saturated rings. The van der Waals surface area contributed by atoms with Crippen LogP contribution in [0.25, 0.3) is 0 Å². The number of guanidine groups is 1. The van der Waals surface area contributed by atoms with E-state index in [1.165, 1.54) is 12.1 Å². The number of hydrogen-bond acceptors (Lipinski definition) is 4. The Kier molecular flexibility index (Phi) is 8.26. The Balaban J connectivity index is 1.99. The molecule has 2 aromatic carbocycles. The van der Waals surface area contributed by atoms with Crippen molar-refractivity contribution >= 4 is 21.7 Å². The predicted molar refractivity (Wildman–Crippen MR) is 114 cm³/mol. The number of anilines is 1. The van der Waals surface area contributed by atoms with Crippen LogP contribution in [0.3, 0.4) is 0 Å². The topological polar surface area (TPSA) is 91.8 Å². The van der Waals surface area contributed by atoms with Crippen molar-refractivity contribution in [3.8, 4) is 5.75 Å². The largest absolute Gasteiger partial charge is 0.489 e. The van der Waals surface area contributed by atoms with Gasteiger partial charge in [-0.2, -0.15) is 0 Å². The summed E-state index contributed by atoms with van der Waals surface area (Å²) in [5.74, 6) is 0.678. The van der Waals surface area contributed by atoms with Gasteiger partial charge in [-0.05, 0) is 37.6 Å². The lowest BCUT2D eigenvalue weighted by atomic mass is 10.2. The van der Waals surface area contributed by atoms with Crippen molar-refractivity contribution in [3.63, 3.8) is 0 Å². The Bertz CT molecular complexity index is 935. The number of para-hydroxylation sites is 1. The van der Waals surface area contributed by atoms with Crippen LogP contribution in [-0.2, 0) is 16.6 Å². The summed E-state index contributed by atoms with van der Waals surface area (Å²) >= 11 is 0. The highest BCUT2D eigenvalue weighted by Gasteiger charge is 2.09. The molecule has 0 spiro atoms. The molecule has 0 aliphatic carbocycles. The number of rotatable bonds is 9. The van der Waals surface area contributed by atoms with Gasteiger partial charge in [0.15, 0.2) is 5.96 Å². The van der Waals surface area contributed by atoms with E-state index in [0.717, 1.165) is 11.8 Å². The van der Waals surface area contributed by atoms with Crippen LogP contribution in [0.2, 0.25) is 0 Å². The number of sulfonamides is 1. The van der Waals surface area contributed by atoms with E-state index in [2.05, 4.69) is 20.3 Å². The molecule has 29 heavy (non-hydrogen) atoms. The molecule has 0 radical (unpaired) electrons. The van der Waals surface area contributed by atoms with Gasteiger partial charge in [0.2, 0.25) is 10.0 Å². The van der Waals surface area contributed by atoms with Crippen LogP contribution in [0.5, 0.6) is 5.75 Å². The van der Waals surface area contributed by atoms with Gasteiger partial charge in [0, 0.05) is 12.6 Å². The zero-order valence-electron chi connectivity index (χ0n) is 16.8. The second-order valence-corrected chi connectivity index (χ2v) is 8.24. The summed E-state index contributed by atoms with van der Waals surface area (Å²) in [6.45, 7) is 5.21. The number of aliphatic imine (C=N–C) groups is 1. The fourth-order valence-corrected chi connectivity index (χ4v) is 3.12. The summed E-state index contributed by atoms with van der Waals surface area (Å²) in [6.07, 6.45) is 0.887. The van der Waals surface area contributed by atoms with Crippen LogP contribution in [0.15, 0.2) is 53.5 Å². The van der Waals surface area contributed by atoms with Crippen molar-refractivity contribution in [3.05, 3.63) is 59.9 Å². The highest BCUT2D eigenvalue weighted by molar-refractivity contribution is 7.92. The lowest BCUT2D eigenvalue weighted by Gasteiger charge is -2.18. The summed E-state index contributed by atoms with van der Waals surface area (Å²) < 4.78 is 44.5. The van der Waals surface area contributed by atoms with Crippen LogP contribution >= 0.6 is 0 Å². The third-order valence-corrected chi connectivity index (χ3v) is 4.35. The van der Waals surface area contributed by atoms with Gasteiger partial charge in [0.1, 0.15) is 17.7 Å². The Morgan fingerprint density at radius 2 is 1.93 bits per heavy atom. The van der Waals surface area contributed by atoms with Gasteiger partial charge < -0.3 is 15.4 Å². The Morgan fingerprint density at radius 1 is 1.17 bits per heavy atom. The van der Waals surface area contributed by atoms with E-state index in [1.807, 2.05) is 26.0 Å². The fourth-order valence-electron chi connectivity index (χ4n) is 2.52. The number of halogens is 1. The molecule has 7 nitrogen and oxygen atoms in total. The molecule has 1 atom stereocenters. The first-order valence-corrected chi connectivity index (χ1v) is 11.2. The monoisotopic (exact) mass is 422 g/mol. The van der Waals surface area contributed by atoms with Gasteiger partial charge in [0.05, 0.1) is 25.0 Å². The van der Waals surface area contributed by atoms with E-state index in [-0.39, 0.29) is 18.5 Å². The number of nitrogens with one attached hydrogen (secondary N) is 3. The van der Waals surface area contributed by atoms with Crippen LogP contribution in [0, 0.1) is 5.82 Å². The van der Waals surface area contributed by atoms with Gasteiger partial charge in [-0.15, -0.1) is 0 Å². The van der Waals surface area contributed by atoms with Crippen LogP contribution < -0.4 is 20.1 Å². The molecule has 158 valence electrons. The summed E-state index contributed by atoms with van der Waals surface area (Å²) in [5, 5.41) is 6.31. The minimum Gasteiger partial charge on any atom is -0.489 e. The first-order valence-electron chi connectivity index (χ1n) is 9.27. The summed E-state index contributed by atoms with van der Waals surface area (Å²) in [7, 11) is -3.38. The first-order chi connectivity index (χ1) is 13.8. The number of benzene rings is 2. The third-order valence-electron chi connectivity index (χ3n) is 3.75. The second-order valence-electron chi connectivity index (χ2n) is 6.49. The number of ether oxygens (including phenoxy) is 1. The molecule has 0 bridgehead atoms. The standard InChI is InChI=1S/C20H27FN4O3S/c1-4-22-20(23-13-15(2)28-18-10-7-9-17(21)12-18)24-14-16-8-5-6-11-19(16)25-29(3,26)27/h5-12,15,25H,4,13-14H2,1-3H3,(H2,22,23,24). The molecule has 0 heterocycles. The van der Waals surface area contributed by atoms with Crippen LogP contribution in [0.1, 0.15) is 19.4 Å². The van der Waals surface area contributed by atoms with Gasteiger partial charge in [-0.25, -0.2) is 17.8 Å². The molecule has 0 aliphatic heterocycles. The minimum atomic E-state index is -3.38. The minimum absolute atomic E-state index is 0.222. The van der Waals surface area contributed by atoms with Crippen molar-refractivity contribution in [2.45, 2.75) is 26.5 Å². The van der Waals surface area contributed by atoms with E-state index in [1.54, 1.807) is 24.3 Å². The number of hydrogen-bond donors (Lipinski definition) is 3. The molecule has 1 unspecified atom stereocenters. The zero-order valence-corrected chi connectivity index (χ0v) is 17.6. The van der Waals surface area contributed by atoms with Crippen LogP contribution in [0.4, 0.5) is 10.1 Å². The third kappa shape index (κ3) is 8.39. The molecule has 0 saturated carbocycles. The predicted octanol–water partition coefficient (Wildman–Crippen LogP) is 2.72. The first kappa shape index (κ1) is 22.5. The van der Waals surface area contributed by atoms with E-state index < -0.39 is 10.0 Å². The van der Waals surface area contributed by atoms with Crippen molar-refractivity contribution in [1.29, 1.82) is 0 Å². The summed E-state index contributed by atoms with van der Waals surface area (Å²) in [4.78, 5) is 4.51. The quantitative estimate of drug-likeness (QED) is 0.427. The lowest BCUT2D eigenvalue weighted by molar-refractivity contribution is 0.223. The van der Waals surface area contributed by atoms with E-state index in [0.29, 0.717) is 30.5 Å². The van der Waals surface area contributed by atoms with Gasteiger partial charge in [-0.3, -0.25) is 4.72 Å². The average molecular weight is 423 g/mol.